The summed E-state index contributed by atoms with van der Waals surface area (Å²) in [5, 5.41) is 2.20. The van der Waals surface area contributed by atoms with Crippen molar-refractivity contribution in [3.63, 3.8) is 0 Å². The van der Waals surface area contributed by atoms with Crippen LogP contribution in [0, 0.1) is 0 Å². The lowest BCUT2D eigenvalue weighted by atomic mass is 10.0. The first kappa shape index (κ1) is 25.8. The summed E-state index contributed by atoms with van der Waals surface area (Å²) < 4.78 is 28.9. The number of benzene rings is 1. The predicted octanol–water partition coefficient (Wildman–Crippen LogP) is 3.38. The topological polar surface area (TPSA) is 95.9 Å². The normalized spacial score (nSPS) is 14.9. The maximum Gasteiger partial charge on any atom is 0.366 e. The van der Waals surface area contributed by atoms with Crippen LogP contribution in [0.5, 0.6) is 0 Å². The summed E-state index contributed by atoms with van der Waals surface area (Å²) >= 11 is 0. The summed E-state index contributed by atoms with van der Waals surface area (Å²) in [4.78, 5) is 53.3. The number of amides is 2. The van der Waals surface area contributed by atoms with Crippen molar-refractivity contribution in [2.75, 3.05) is 0 Å². The minimum absolute atomic E-state index is 0.0732. The lowest BCUT2D eigenvalue weighted by Crippen LogP contribution is -2.40. The molecule has 1 aliphatic heterocycles. The predicted molar refractivity (Wildman–Crippen MR) is 120 cm³/mol. The van der Waals surface area contributed by atoms with Crippen LogP contribution in [-0.4, -0.2) is 46.5 Å². The number of rotatable bonds is 11. The Balaban J connectivity index is 2.14. The molecule has 7 nitrogen and oxygen atoms in total. The van der Waals surface area contributed by atoms with Crippen molar-refractivity contribution in [3.8, 4) is 0 Å². The third kappa shape index (κ3) is 6.06. The second kappa shape index (κ2) is 10.9. The van der Waals surface area contributed by atoms with Crippen molar-refractivity contribution in [2.24, 2.45) is 4.99 Å². The van der Waals surface area contributed by atoms with Gasteiger partial charge in [-0.05, 0) is 50.5 Å². The second-order valence-electron chi connectivity index (χ2n) is 7.72. The molecule has 1 aromatic rings. The summed E-state index contributed by atoms with van der Waals surface area (Å²) in [7, 11) is 0. The monoisotopic (exact) mass is 459 g/mol. The number of ketones is 2. The van der Waals surface area contributed by atoms with Gasteiger partial charge in [-0.25, -0.2) is 0 Å². The lowest BCUT2D eigenvalue weighted by molar-refractivity contribution is -0.140. The van der Waals surface area contributed by atoms with Crippen LogP contribution in [0.25, 0.3) is 0 Å². The van der Waals surface area contributed by atoms with Crippen LogP contribution in [0.4, 0.5) is 8.78 Å². The average molecular weight is 459 g/mol. The van der Waals surface area contributed by atoms with Gasteiger partial charge < -0.3 is 15.0 Å². The molecule has 1 heterocycles. The molecule has 0 saturated heterocycles. The quantitative estimate of drug-likeness (QED) is 0.405. The zero-order valence-electron chi connectivity index (χ0n) is 18.9. The Morgan fingerprint density at radius 3 is 2.58 bits per heavy atom. The van der Waals surface area contributed by atoms with Crippen molar-refractivity contribution in [1.82, 2.24) is 10.2 Å². The summed E-state index contributed by atoms with van der Waals surface area (Å²) in [6, 6.07) is 4.02. The zero-order chi connectivity index (χ0) is 24.8. The second-order valence-corrected chi connectivity index (χ2v) is 7.72. The molecular weight excluding hydrogens is 432 g/mol. The van der Waals surface area contributed by atoms with Crippen molar-refractivity contribution in [1.29, 1.82) is 0 Å². The van der Waals surface area contributed by atoms with E-state index in [1.807, 2.05) is 0 Å². The smallest absolute Gasteiger partial charge is 0.346 e. The summed E-state index contributed by atoms with van der Waals surface area (Å²) in [6.45, 7) is 7.58. The van der Waals surface area contributed by atoms with Gasteiger partial charge in [-0.2, -0.15) is 8.78 Å². The number of halogens is 2. The van der Waals surface area contributed by atoms with E-state index in [1.54, 1.807) is 18.2 Å². The molecule has 0 aromatic heterocycles. The molecule has 0 bridgehead atoms. The molecule has 176 valence electrons. The molecule has 0 aliphatic carbocycles. The number of carbonyl (C=O) groups excluding carboxylic acids is 4. The molecule has 1 atom stereocenters. The molecule has 2 amide bonds. The Hall–Kier alpha value is -3.49. The van der Waals surface area contributed by atoms with Gasteiger partial charge in [0.1, 0.15) is 11.5 Å². The van der Waals surface area contributed by atoms with Crippen LogP contribution in [0.3, 0.4) is 0 Å². The first-order valence-corrected chi connectivity index (χ1v) is 10.4. The Kier molecular flexibility index (Phi) is 8.50. The molecule has 1 aromatic carbocycles. The maximum atomic E-state index is 14.4. The third-order valence-electron chi connectivity index (χ3n) is 5.22. The minimum Gasteiger partial charge on any atom is -0.346 e. The number of hydrogen-bond donors (Lipinski definition) is 1. The van der Waals surface area contributed by atoms with Gasteiger partial charge in [0, 0.05) is 31.3 Å². The molecule has 1 unspecified atom stereocenters. The molecule has 9 heteroatoms. The summed E-state index contributed by atoms with van der Waals surface area (Å²) in [5.74, 6) is -5.98. The highest BCUT2D eigenvalue weighted by Gasteiger charge is 2.43. The summed E-state index contributed by atoms with van der Waals surface area (Å²) in [5.41, 5.74) is 0.811. The molecule has 1 aliphatic rings. The fourth-order valence-corrected chi connectivity index (χ4v) is 3.57. The number of allylic oxidation sites excluding steroid dienone is 2. The molecule has 0 radical (unpaired) electrons. The maximum absolute atomic E-state index is 14.4. The average Bonchev–Trinajstić information content (AvgIpc) is 3.07. The van der Waals surface area contributed by atoms with Crippen molar-refractivity contribution in [3.05, 3.63) is 59.3 Å². The van der Waals surface area contributed by atoms with Crippen molar-refractivity contribution < 1.29 is 28.0 Å². The highest BCUT2D eigenvalue weighted by atomic mass is 19.3. The van der Waals surface area contributed by atoms with E-state index in [1.165, 1.54) is 25.7 Å². The van der Waals surface area contributed by atoms with Gasteiger partial charge in [0.2, 0.25) is 0 Å². The highest BCUT2D eigenvalue weighted by molar-refractivity contribution is 6.01. The molecule has 0 spiro atoms. The first-order chi connectivity index (χ1) is 15.5. The van der Waals surface area contributed by atoms with E-state index in [0.717, 1.165) is 18.4 Å². The van der Waals surface area contributed by atoms with Gasteiger partial charge in [0.25, 0.3) is 11.8 Å². The van der Waals surface area contributed by atoms with E-state index in [9.17, 15) is 28.0 Å². The number of Topliss-reactive ketones (excluding diaryl/α,β-unsaturated/α-hetero) is 2. The molecular formula is C24H27F2N3O4. The van der Waals surface area contributed by atoms with E-state index >= 15 is 0 Å². The van der Waals surface area contributed by atoms with Crippen molar-refractivity contribution in [2.45, 2.75) is 58.7 Å². The first-order valence-electron chi connectivity index (χ1n) is 10.4. The zero-order valence-corrected chi connectivity index (χ0v) is 18.9. The van der Waals surface area contributed by atoms with Crippen molar-refractivity contribution >= 4 is 29.6 Å². The van der Waals surface area contributed by atoms with E-state index in [-0.39, 0.29) is 43.4 Å². The largest absolute Gasteiger partial charge is 0.366 e. The molecule has 1 N–H and O–H groups in total. The van der Waals surface area contributed by atoms with Gasteiger partial charge in [-0.1, -0.05) is 24.8 Å². The Morgan fingerprint density at radius 1 is 1.30 bits per heavy atom. The van der Waals surface area contributed by atoms with Gasteiger partial charge >= 0.3 is 5.92 Å². The standard InChI is InChI=1S/C24H27F2N3O4/c1-5-7-21(27-6-2)24(25,26)23(33)28-13-17-9-10-19-18(12-17)14-29(22(19)32)20(16(4)31)11-8-15(3)30/h5-7,9-10,12,20H,1,8,11,13-14H2,2-4H3,(H,28,33)/b21-7-,27-6?. The van der Waals surface area contributed by atoms with Crippen LogP contribution in [0.15, 0.2) is 47.6 Å². The Morgan fingerprint density at radius 2 is 2.00 bits per heavy atom. The SMILES string of the molecule is C=C/C=C(\N=CC)C(F)(F)C(=O)NCc1ccc2c(c1)CN(C(CCC(C)=O)C(C)=O)C2=O. The third-order valence-corrected chi connectivity index (χ3v) is 5.22. The van der Waals surface area contributed by atoms with Crippen LogP contribution < -0.4 is 5.32 Å². The highest BCUT2D eigenvalue weighted by Crippen LogP contribution is 2.28. The van der Waals surface area contributed by atoms with Crippen LogP contribution in [0.1, 0.15) is 55.1 Å². The van der Waals surface area contributed by atoms with E-state index in [4.69, 9.17) is 0 Å². The van der Waals surface area contributed by atoms with Gasteiger partial charge in [0.05, 0.1) is 6.04 Å². The Labute approximate surface area is 191 Å². The molecule has 33 heavy (non-hydrogen) atoms. The minimum atomic E-state index is -3.85. The molecule has 2 rings (SSSR count). The number of nitrogens with one attached hydrogen (secondary N) is 1. The van der Waals surface area contributed by atoms with Gasteiger partial charge in [-0.3, -0.25) is 19.4 Å². The number of fused-ring (bicyclic) bond motifs is 1. The molecule has 0 saturated carbocycles. The Bertz CT molecular complexity index is 1030. The number of nitrogens with zero attached hydrogens (tertiary/aromatic N) is 2. The number of aliphatic imine (C=N–C) groups is 1. The fraction of sp³-hybridized carbons (Fsp3) is 0.375. The van der Waals surface area contributed by atoms with E-state index in [2.05, 4.69) is 16.9 Å². The molecule has 0 fully saturated rings. The van der Waals surface area contributed by atoms with Crippen LogP contribution >= 0.6 is 0 Å². The van der Waals surface area contributed by atoms with Crippen LogP contribution in [-0.2, 0) is 27.5 Å². The number of carbonyl (C=O) groups is 4. The van der Waals surface area contributed by atoms with Crippen LogP contribution in [0.2, 0.25) is 0 Å². The van der Waals surface area contributed by atoms with Gasteiger partial charge in [0.15, 0.2) is 5.78 Å². The lowest BCUT2D eigenvalue weighted by Gasteiger charge is -2.25. The summed E-state index contributed by atoms with van der Waals surface area (Å²) in [6.07, 6.45) is 3.66. The fourth-order valence-electron chi connectivity index (χ4n) is 3.57. The number of hydrogen-bond acceptors (Lipinski definition) is 5. The van der Waals surface area contributed by atoms with E-state index < -0.39 is 23.6 Å². The number of alkyl halides is 2. The van der Waals surface area contributed by atoms with Gasteiger partial charge in [-0.15, -0.1) is 0 Å². The van der Waals surface area contributed by atoms with E-state index in [0.29, 0.717) is 16.7 Å².